The molecule has 1 saturated heterocycles. The fourth-order valence-electron chi connectivity index (χ4n) is 3.35. The molecule has 2 rings (SSSR count). The van der Waals surface area contributed by atoms with Crippen LogP contribution in [-0.2, 0) is 0 Å². The molecule has 0 spiro atoms. The summed E-state index contributed by atoms with van der Waals surface area (Å²) in [4.78, 5) is 2.75. The van der Waals surface area contributed by atoms with Crippen LogP contribution in [0.2, 0.25) is 0 Å². The second-order valence-corrected chi connectivity index (χ2v) is 5.14. The number of likely N-dealkylation sites (tertiary alicyclic amines) is 1. The van der Waals surface area contributed by atoms with Crippen molar-refractivity contribution in [1.29, 1.82) is 0 Å². The largest absolute Gasteiger partial charge is 0.330 e. The topological polar surface area (TPSA) is 29.3 Å². The lowest BCUT2D eigenvalue weighted by molar-refractivity contribution is 0.188. The van der Waals surface area contributed by atoms with E-state index in [0.29, 0.717) is 0 Å². The Balaban J connectivity index is 1.82. The Morgan fingerprint density at radius 3 is 2.79 bits per heavy atom. The number of nitrogens with zero attached hydrogens (tertiary/aromatic N) is 1. The standard InChI is InChI=1S/C12H24N2/c1-10-3-2-8-14(10)12-5-4-11(9-12)6-7-13/h10-12H,2-9,13H2,1H3. The molecule has 2 N–H and O–H groups in total. The average molecular weight is 196 g/mol. The van der Waals surface area contributed by atoms with Gasteiger partial charge in [-0.15, -0.1) is 0 Å². The van der Waals surface area contributed by atoms with Crippen LogP contribution < -0.4 is 5.73 Å². The maximum atomic E-state index is 5.62. The molecule has 2 aliphatic rings. The summed E-state index contributed by atoms with van der Waals surface area (Å²) in [5, 5.41) is 0. The van der Waals surface area contributed by atoms with Crippen molar-refractivity contribution < 1.29 is 0 Å². The molecular weight excluding hydrogens is 172 g/mol. The lowest BCUT2D eigenvalue weighted by atomic mass is 10.0. The Bertz CT molecular complexity index is 181. The van der Waals surface area contributed by atoms with Crippen molar-refractivity contribution in [2.75, 3.05) is 13.1 Å². The molecule has 3 atom stereocenters. The van der Waals surface area contributed by atoms with Gasteiger partial charge in [0.05, 0.1) is 0 Å². The molecule has 14 heavy (non-hydrogen) atoms. The Labute approximate surface area is 87.8 Å². The van der Waals surface area contributed by atoms with Gasteiger partial charge >= 0.3 is 0 Å². The molecule has 3 unspecified atom stereocenters. The summed E-state index contributed by atoms with van der Waals surface area (Å²) in [5.41, 5.74) is 5.62. The zero-order valence-corrected chi connectivity index (χ0v) is 9.41. The van der Waals surface area contributed by atoms with E-state index in [-0.39, 0.29) is 0 Å². The summed E-state index contributed by atoms with van der Waals surface area (Å²) in [7, 11) is 0. The highest BCUT2D eigenvalue weighted by molar-refractivity contribution is 4.88. The maximum absolute atomic E-state index is 5.62. The van der Waals surface area contributed by atoms with E-state index in [1.807, 2.05) is 0 Å². The van der Waals surface area contributed by atoms with Gasteiger partial charge in [-0.25, -0.2) is 0 Å². The predicted molar refractivity (Wildman–Crippen MR) is 60.2 cm³/mol. The second-order valence-electron chi connectivity index (χ2n) is 5.14. The number of hydrogen-bond donors (Lipinski definition) is 1. The second kappa shape index (κ2) is 4.63. The van der Waals surface area contributed by atoms with Gasteiger partial charge in [-0.1, -0.05) is 0 Å². The highest BCUT2D eigenvalue weighted by atomic mass is 15.2. The van der Waals surface area contributed by atoms with Crippen LogP contribution >= 0.6 is 0 Å². The Morgan fingerprint density at radius 1 is 1.29 bits per heavy atom. The first-order valence-corrected chi connectivity index (χ1v) is 6.27. The fraction of sp³-hybridized carbons (Fsp3) is 1.00. The SMILES string of the molecule is CC1CCCN1C1CCC(CCN)C1. The van der Waals surface area contributed by atoms with E-state index in [1.54, 1.807) is 0 Å². The molecular formula is C12H24N2. The summed E-state index contributed by atoms with van der Waals surface area (Å²) >= 11 is 0. The van der Waals surface area contributed by atoms with E-state index in [1.165, 1.54) is 45.1 Å². The van der Waals surface area contributed by atoms with Crippen molar-refractivity contribution in [3.8, 4) is 0 Å². The summed E-state index contributed by atoms with van der Waals surface area (Å²) in [6.07, 6.45) is 8.34. The van der Waals surface area contributed by atoms with Crippen LogP contribution in [0.15, 0.2) is 0 Å². The molecule has 1 saturated carbocycles. The first-order valence-electron chi connectivity index (χ1n) is 6.27. The fourth-order valence-corrected chi connectivity index (χ4v) is 3.35. The van der Waals surface area contributed by atoms with Crippen molar-refractivity contribution >= 4 is 0 Å². The minimum Gasteiger partial charge on any atom is -0.330 e. The van der Waals surface area contributed by atoms with Gasteiger partial charge in [0.2, 0.25) is 0 Å². The molecule has 1 aliphatic heterocycles. The van der Waals surface area contributed by atoms with Gasteiger partial charge in [0.15, 0.2) is 0 Å². The Morgan fingerprint density at radius 2 is 2.14 bits per heavy atom. The molecule has 2 heteroatoms. The van der Waals surface area contributed by atoms with Crippen LogP contribution in [0.1, 0.15) is 45.4 Å². The summed E-state index contributed by atoms with van der Waals surface area (Å²) in [6, 6.07) is 1.74. The minimum absolute atomic E-state index is 0.844. The van der Waals surface area contributed by atoms with Gasteiger partial charge in [-0.05, 0) is 64.5 Å². The summed E-state index contributed by atoms with van der Waals surface area (Å²) in [5.74, 6) is 0.929. The molecule has 1 heterocycles. The van der Waals surface area contributed by atoms with Crippen molar-refractivity contribution in [3.05, 3.63) is 0 Å². The third-order valence-electron chi connectivity index (χ3n) is 4.16. The van der Waals surface area contributed by atoms with Crippen LogP contribution in [0.25, 0.3) is 0 Å². The van der Waals surface area contributed by atoms with Gasteiger partial charge in [-0.3, -0.25) is 4.90 Å². The normalized spacial score (nSPS) is 39.4. The predicted octanol–water partition coefficient (Wildman–Crippen LogP) is 1.99. The van der Waals surface area contributed by atoms with Crippen LogP contribution in [-0.4, -0.2) is 30.1 Å². The van der Waals surface area contributed by atoms with E-state index in [4.69, 9.17) is 5.73 Å². The zero-order valence-electron chi connectivity index (χ0n) is 9.41. The van der Waals surface area contributed by atoms with E-state index < -0.39 is 0 Å². The van der Waals surface area contributed by atoms with E-state index >= 15 is 0 Å². The molecule has 0 aromatic heterocycles. The van der Waals surface area contributed by atoms with E-state index in [2.05, 4.69) is 11.8 Å². The van der Waals surface area contributed by atoms with Crippen LogP contribution in [0.4, 0.5) is 0 Å². The lowest BCUT2D eigenvalue weighted by Gasteiger charge is -2.28. The van der Waals surface area contributed by atoms with Crippen LogP contribution in [0, 0.1) is 5.92 Å². The summed E-state index contributed by atoms with van der Waals surface area (Å²) in [6.45, 7) is 4.62. The third kappa shape index (κ3) is 2.12. The molecule has 0 aromatic carbocycles. The number of nitrogens with two attached hydrogens (primary N) is 1. The van der Waals surface area contributed by atoms with Gasteiger partial charge in [-0.2, -0.15) is 0 Å². The molecule has 0 radical (unpaired) electrons. The van der Waals surface area contributed by atoms with Gasteiger partial charge in [0, 0.05) is 12.1 Å². The Kier molecular flexibility index (Phi) is 3.45. The minimum atomic E-state index is 0.844. The van der Waals surface area contributed by atoms with E-state index in [0.717, 1.165) is 24.5 Å². The van der Waals surface area contributed by atoms with Gasteiger partial charge < -0.3 is 5.73 Å². The van der Waals surface area contributed by atoms with Crippen molar-refractivity contribution in [1.82, 2.24) is 4.90 Å². The maximum Gasteiger partial charge on any atom is 0.0101 e. The zero-order chi connectivity index (χ0) is 9.97. The molecule has 0 amide bonds. The molecule has 2 fully saturated rings. The van der Waals surface area contributed by atoms with Crippen molar-refractivity contribution in [3.63, 3.8) is 0 Å². The number of rotatable bonds is 3. The molecule has 0 bridgehead atoms. The van der Waals surface area contributed by atoms with Gasteiger partial charge in [0.25, 0.3) is 0 Å². The monoisotopic (exact) mass is 196 g/mol. The smallest absolute Gasteiger partial charge is 0.0101 e. The third-order valence-corrected chi connectivity index (χ3v) is 4.16. The molecule has 82 valence electrons. The van der Waals surface area contributed by atoms with Crippen molar-refractivity contribution in [2.24, 2.45) is 11.7 Å². The first kappa shape index (κ1) is 10.4. The highest BCUT2D eigenvalue weighted by Crippen LogP contribution is 2.34. The van der Waals surface area contributed by atoms with Gasteiger partial charge in [0.1, 0.15) is 0 Å². The summed E-state index contributed by atoms with van der Waals surface area (Å²) < 4.78 is 0. The molecule has 0 aromatic rings. The highest BCUT2D eigenvalue weighted by Gasteiger charge is 2.33. The van der Waals surface area contributed by atoms with Crippen LogP contribution in [0.5, 0.6) is 0 Å². The number of hydrogen-bond acceptors (Lipinski definition) is 2. The molecule has 2 nitrogen and oxygen atoms in total. The van der Waals surface area contributed by atoms with E-state index in [9.17, 15) is 0 Å². The molecule has 1 aliphatic carbocycles. The van der Waals surface area contributed by atoms with Crippen molar-refractivity contribution in [2.45, 2.75) is 57.5 Å². The first-order chi connectivity index (χ1) is 6.81. The van der Waals surface area contributed by atoms with Crippen LogP contribution in [0.3, 0.4) is 0 Å². The quantitative estimate of drug-likeness (QED) is 0.748. The average Bonchev–Trinajstić information content (AvgIpc) is 2.74. The Hall–Kier alpha value is -0.0800. The lowest BCUT2D eigenvalue weighted by Crippen LogP contribution is -2.36.